The summed E-state index contributed by atoms with van der Waals surface area (Å²) in [5, 5.41) is 12.8. The molecule has 0 aliphatic heterocycles. The number of carboxylic acid groups (broad SMARTS) is 1. The number of hydrazone groups is 1. The predicted octanol–water partition coefficient (Wildman–Crippen LogP) is 3.51. The fourth-order valence-corrected chi connectivity index (χ4v) is 4.14. The third kappa shape index (κ3) is 4.24. The summed E-state index contributed by atoms with van der Waals surface area (Å²) in [6.45, 7) is 0.0213. The molecule has 0 saturated carbocycles. The van der Waals surface area contributed by atoms with Crippen molar-refractivity contribution in [2.24, 2.45) is 10.9 Å². The van der Waals surface area contributed by atoms with Gasteiger partial charge < -0.3 is 10.9 Å². The standard InChI is InChI=1S/C19H13Cl2N3O4S/c20-13-7-2-1-6-12(13)15(25)14(23-22)16-17(21)24(19(28)29-16)9-10-4-3-5-11(8-10)18(26)27/h1-8H,9,22H2,(H,26,27)/b23-14-. The summed E-state index contributed by atoms with van der Waals surface area (Å²) in [6, 6.07) is 12.5. The Labute approximate surface area is 178 Å². The van der Waals surface area contributed by atoms with Crippen molar-refractivity contribution in [2.75, 3.05) is 0 Å². The first kappa shape index (κ1) is 20.8. The largest absolute Gasteiger partial charge is 0.478 e. The minimum absolute atomic E-state index is 0.0213. The number of rotatable bonds is 6. The number of nitrogens with zero attached hydrogens (tertiary/aromatic N) is 2. The first-order chi connectivity index (χ1) is 13.8. The SMILES string of the molecule is N/N=C(/C(=O)c1ccccc1Cl)c1sc(=O)n(Cc2cccc(C(=O)O)c2)c1Cl. The zero-order valence-corrected chi connectivity index (χ0v) is 17.0. The third-order valence-corrected chi connectivity index (χ3v) is 5.85. The Morgan fingerprint density at radius 2 is 1.86 bits per heavy atom. The quantitative estimate of drug-likeness (QED) is 0.258. The van der Waals surface area contributed by atoms with Gasteiger partial charge in [0.05, 0.1) is 22.0 Å². The van der Waals surface area contributed by atoms with Gasteiger partial charge in [0.25, 0.3) is 0 Å². The van der Waals surface area contributed by atoms with Gasteiger partial charge in [0, 0.05) is 5.56 Å². The normalized spacial score (nSPS) is 11.4. The second kappa shape index (κ2) is 8.60. The summed E-state index contributed by atoms with van der Waals surface area (Å²) in [5.41, 5.74) is 0.626. The lowest BCUT2D eigenvalue weighted by Crippen LogP contribution is -2.18. The molecule has 0 bridgehead atoms. The molecular weight excluding hydrogens is 437 g/mol. The number of carbonyl (C=O) groups is 2. The van der Waals surface area contributed by atoms with Crippen molar-refractivity contribution in [3.8, 4) is 0 Å². The van der Waals surface area contributed by atoms with Gasteiger partial charge in [0.2, 0.25) is 5.78 Å². The van der Waals surface area contributed by atoms with Crippen LogP contribution in [0.1, 0.15) is 31.2 Å². The lowest BCUT2D eigenvalue weighted by molar-refractivity contribution is 0.0696. The highest BCUT2D eigenvalue weighted by molar-refractivity contribution is 7.13. The summed E-state index contributed by atoms with van der Waals surface area (Å²) in [5.74, 6) is 3.77. The Hall–Kier alpha value is -2.94. The zero-order valence-electron chi connectivity index (χ0n) is 14.6. The Bertz CT molecular complexity index is 1200. The fourth-order valence-electron chi connectivity index (χ4n) is 2.65. The lowest BCUT2D eigenvalue weighted by Gasteiger charge is -2.07. The molecule has 0 spiro atoms. The second-order valence-electron chi connectivity index (χ2n) is 5.87. The highest BCUT2D eigenvalue weighted by Gasteiger charge is 2.25. The van der Waals surface area contributed by atoms with Crippen LogP contribution in [0.2, 0.25) is 10.2 Å². The number of ketones is 1. The van der Waals surface area contributed by atoms with Crippen molar-refractivity contribution in [1.82, 2.24) is 4.57 Å². The number of aromatic nitrogens is 1. The molecular formula is C19H13Cl2N3O4S. The number of Topliss-reactive ketones (excluding diaryl/α,β-unsaturated/α-hetero) is 1. The van der Waals surface area contributed by atoms with Gasteiger partial charge in [-0.25, -0.2) is 4.79 Å². The molecule has 3 aromatic rings. The van der Waals surface area contributed by atoms with Crippen molar-refractivity contribution in [1.29, 1.82) is 0 Å². The van der Waals surface area contributed by atoms with Crippen molar-refractivity contribution in [2.45, 2.75) is 6.54 Å². The number of benzene rings is 2. The van der Waals surface area contributed by atoms with E-state index < -0.39 is 16.6 Å². The summed E-state index contributed by atoms with van der Waals surface area (Å²) >= 11 is 13.1. The highest BCUT2D eigenvalue weighted by Crippen LogP contribution is 2.25. The zero-order chi connectivity index (χ0) is 21.1. The number of aromatic carboxylic acids is 1. The molecule has 0 radical (unpaired) electrons. The van der Waals surface area contributed by atoms with Crippen LogP contribution in [0.5, 0.6) is 0 Å². The topological polar surface area (TPSA) is 115 Å². The van der Waals surface area contributed by atoms with Gasteiger partial charge in [0.1, 0.15) is 5.15 Å². The molecule has 10 heteroatoms. The van der Waals surface area contributed by atoms with Crippen LogP contribution < -0.4 is 10.7 Å². The van der Waals surface area contributed by atoms with Crippen LogP contribution in [-0.4, -0.2) is 27.1 Å². The molecule has 3 N–H and O–H groups in total. The summed E-state index contributed by atoms with van der Waals surface area (Å²) in [6.07, 6.45) is 0. The first-order valence-electron chi connectivity index (χ1n) is 8.12. The van der Waals surface area contributed by atoms with Crippen molar-refractivity contribution < 1.29 is 14.7 Å². The molecule has 3 rings (SSSR count). The average molecular weight is 450 g/mol. The van der Waals surface area contributed by atoms with E-state index in [1.165, 1.54) is 22.8 Å². The minimum Gasteiger partial charge on any atom is -0.478 e. The number of halogens is 2. The van der Waals surface area contributed by atoms with Crippen LogP contribution in [0.4, 0.5) is 0 Å². The number of hydrogen-bond donors (Lipinski definition) is 2. The van der Waals surface area contributed by atoms with E-state index >= 15 is 0 Å². The fraction of sp³-hybridized carbons (Fsp3) is 0.0526. The second-order valence-corrected chi connectivity index (χ2v) is 7.59. The number of hydrogen-bond acceptors (Lipinski definition) is 6. The van der Waals surface area contributed by atoms with Crippen LogP contribution in [0, 0.1) is 0 Å². The Balaban J connectivity index is 1.99. The van der Waals surface area contributed by atoms with Gasteiger partial charge in [-0.2, -0.15) is 5.10 Å². The Kier molecular flexibility index (Phi) is 6.17. The first-order valence-corrected chi connectivity index (χ1v) is 9.69. The van der Waals surface area contributed by atoms with E-state index in [9.17, 15) is 14.4 Å². The van der Waals surface area contributed by atoms with Crippen LogP contribution in [0.3, 0.4) is 0 Å². The smallest absolute Gasteiger partial charge is 0.335 e. The molecule has 7 nitrogen and oxygen atoms in total. The molecule has 0 aliphatic rings. The maximum atomic E-state index is 12.8. The van der Waals surface area contributed by atoms with E-state index in [-0.39, 0.29) is 38.4 Å². The Morgan fingerprint density at radius 3 is 2.52 bits per heavy atom. The van der Waals surface area contributed by atoms with E-state index in [2.05, 4.69) is 5.10 Å². The van der Waals surface area contributed by atoms with Gasteiger partial charge in [-0.1, -0.05) is 58.8 Å². The van der Waals surface area contributed by atoms with E-state index in [0.29, 0.717) is 16.9 Å². The average Bonchev–Trinajstić information content (AvgIpc) is 2.97. The predicted molar refractivity (Wildman–Crippen MR) is 113 cm³/mol. The lowest BCUT2D eigenvalue weighted by atomic mass is 10.1. The molecule has 0 saturated heterocycles. The maximum absolute atomic E-state index is 12.8. The molecule has 0 aliphatic carbocycles. The van der Waals surface area contributed by atoms with Gasteiger partial charge in [-0.15, -0.1) is 0 Å². The van der Waals surface area contributed by atoms with Crippen LogP contribution >= 0.6 is 34.5 Å². The van der Waals surface area contributed by atoms with Crippen LogP contribution in [0.25, 0.3) is 0 Å². The van der Waals surface area contributed by atoms with Crippen molar-refractivity contribution in [3.63, 3.8) is 0 Å². The van der Waals surface area contributed by atoms with Gasteiger partial charge in [-0.05, 0) is 29.8 Å². The van der Waals surface area contributed by atoms with Crippen LogP contribution in [0.15, 0.2) is 58.4 Å². The Morgan fingerprint density at radius 1 is 1.14 bits per heavy atom. The summed E-state index contributed by atoms with van der Waals surface area (Å²) < 4.78 is 1.22. The number of carboxylic acids is 1. The molecule has 2 aromatic carbocycles. The van der Waals surface area contributed by atoms with Gasteiger partial charge in [0.15, 0.2) is 5.71 Å². The number of nitrogens with two attached hydrogens (primary N) is 1. The van der Waals surface area contributed by atoms with Crippen molar-refractivity contribution >= 4 is 52.0 Å². The minimum atomic E-state index is -1.08. The molecule has 1 aromatic heterocycles. The molecule has 0 atom stereocenters. The molecule has 148 valence electrons. The third-order valence-electron chi connectivity index (χ3n) is 4.03. The summed E-state index contributed by atoms with van der Waals surface area (Å²) in [7, 11) is 0. The molecule has 29 heavy (non-hydrogen) atoms. The number of carbonyl (C=O) groups excluding carboxylic acids is 1. The molecule has 0 amide bonds. The molecule has 0 fully saturated rings. The van der Waals surface area contributed by atoms with Crippen LogP contribution in [-0.2, 0) is 6.54 Å². The molecule has 1 heterocycles. The van der Waals surface area contributed by atoms with E-state index in [0.717, 1.165) is 0 Å². The van der Waals surface area contributed by atoms with Gasteiger partial charge >= 0.3 is 10.8 Å². The monoisotopic (exact) mass is 449 g/mol. The molecule has 0 unspecified atom stereocenters. The maximum Gasteiger partial charge on any atom is 0.335 e. The van der Waals surface area contributed by atoms with E-state index in [1.807, 2.05) is 0 Å². The number of thiazole rings is 1. The van der Waals surface area contributed by atoms with E-state index in [4.69, 9.17) is 34.2 Å². The summed E-state index contributed by atoms with van der Waals surface area (Å²) in [4.78, 5) is 36.1. The van der Waals surface area contributed by atoms with Crippen molar-refractivity contribution in [3.05, 3.63) is 89.9 Å². The van der Waals surface area contributed by atoms with E-state index in [1.54, 1.807) is 30.3 Å². The van der Waals surface area contributed by atoms with Gasteiger partial charge in [-0.3, -0.25) is 14.2 Å². The highest BCUT2D eigenvalue weighted by atomic mass is 35.5.